The van der Waals surface area contributed by atoms with E-state index in [-0.39, 0.29) is 5.54 Å². The van der Waals surface area contributed by atoms with E-state index in [1.165, 1.54) is 5.56 Å². The van der Waals surface area contributed by atoms with Crippen molar-refractivity contribution in [2.75, 3.05) is 18.0 Å². The maximum absolute atomic E-state index is 12.7. The number of rotatable bonds is 3. The highest BCUT2D eigenvalue weighted by molar-refractivity contribution is 5.79. The number of nitrogens with zero attached hydrogens (tertiary/aromatic N) is 4. The van der Waals surface area contributed by atoms with Gasteiger partial charge in [0.15, 0.2) is 0 Å². The molecule has 0 radical (unpaired) electrons. The van der Waals surface area contributed by atoms with Crippen LogP contribution in [0.2, 0.25) is 0 Å². The van der Waals surface area contributed by atoms with Gasteiger partial charge in [0.25, 0.3) is 0 Å². The van der Waals surface area contributed by atoms with Crippen LogP contribution in [0.5, 0.6) is 0 Å². The maximum Gasteiger partial charge on any atom is 0.225 e. The SMILES string of the molecule is Cc1cc(C)nc(N2CCC[C@]3(CCC(=O)N3Cc3ccccc3)CC2)n1. The second-order valence-electron chi connectivity index (χ2n) is 7.98. The molecule has 2 saturated heterocycles. The number of aromatic nitrogens is 2. The summed E-state index contributed by atoms with van der Waals surface area (Å²) >= 11 is 0. The summed E-state index contributed by atoms with van der Waals surface area (Å²) in [4.78, 5) is 26.5. The molecule has 1 aromatic heterocycles. The van der Waals surface area contributed by atoms with Gasteiger partial charge in [-0.15, -0.1) is 0 Å². The van der Waals surface area contributed by atoms with Crippen LogP contribution < -0.4 is 4.90 Å². The molecular formula is C22H28N4O. The average Bonchev–Trinajstić information content (AvgIpc) is 2.82. The molecule has 2 aromatic rings. The van der Waals surface area contributed by atoms with Crippen LogP contribution in [0.4, 0.5) is 5.95 Å². The first-order valence-corrected chi connectivity index (χ1v) is 9.97. The second kappa shape index (κ2) is 7.29. The molecule has 2 aliphatic heterocycles. The van der Waals surface area contributed by atoms with E-state index in [4.69, 9.17) is 0 Å². The Labute approximate surface area is 161 Å². The third-order valence-electron chi connectivity index (χ3n) is 6.03. The van der Waals surface area contributed by atoms with Gasteiger partial charge in [0.05, 0.1) is 0 Å². The Bertz CT molecular complexity index is 802. The number of hydrogen-bond acceptors (Lipinski definition) is 4. The number of anilines is 1. The van der Waals surface area contributed by atoms with Gasteiger partial charge < -0.3 is 9.80 Å². The summed E-state index contributed by atoms with van der Waals surface area (Å²) in [6.07, 6.45) is 4.76. The Balaban J connectivity index is 1.54. The molecule has 0 bridgehead atoms. The van der Waals surface area contributed by atoms with Crippen LogP contribution >= 0.6 is 0 Å². The highest BCUT2D eigenvalue weighted by Gasteiger charge is 2.45. The molecule has 2 fully saturated rings. The van der Waals surface area contributed by atoms with Crippen LogP contribution in [-0.2, 0) is 11.3 Å². The van der Waals surface area contributed by atoms with Crippen molar-refractivity contribution in [2.45, 2.75) is 58.0 Å². The van der Waals surface area contributed by atoms with Crippen molar-refractivity contribution in [3.63, 3.8) is 0 Å². The molecule has 0 N–H and O–H groups in total. The third kappa shape index (κ3) is 3.68. The molecule has 2 aliphatic rings. The van der Waals surface area contributed by atoms with Crippen molar-refractivity contribution in [2.24, 2.45) is 0 Å². The van der Waals surface area contributed by atoms with E-state index < -0.39 is 0 Å². The molecule has 3 heterocycles. The van der Waals surface area contributed by atoms with Gasteiger partial charge in [-0.3, -0.25) is 4.79 Å². The van der Waals surface area contributed by atoms with Crippen LogP contribution in [0.25, 0.3) is 0 Å². The number of amides is 1. The first-order valence-electron chi connectivity index (χ1n) is 9.97. The monoisotopic (exact) mass is 364 g/mol. The first-order chi connectivity index (χ1) is 13.1. The Morgan fingerprint density at radius 3 is 2.48 bits per heavy atom. The van der Waals surface area contributed by atoms with Crippen LogP contribution in [0.15, 0.2) is 36.4 Å². The highest BCUT2D eigenvalue weighted by Crippen LogP contribution is 2.40. The Morgan fingerprint density at radius 2 is 1.74 bits per heavy atom. The van der Waals surface area contributed by atoms with E-state index in [9.17, 15) is 4.79 Å². The summed E-state index contributed by atoms with van der Waals surface area (Å²) in [5, 5.41) is 0. The molecule has 0 unspecified atom stereocenters. The largest absolute Gasteiger partial charge is 0.341 e. The Hall–Kier alpha value is -2.43. The van der Waals surface area contributed by atoms with Gasteiger partial charge >= 0.3 is 0 Å². The van der Waals surface area contributed by atoms with Crippen molar-refractivity contribution in [3.8, 4) is 0 Å². The molecule has 5 heteroatoms. The van der Waals surface area contributed by atoms with Crippen LogP contribution in [0, 0.1) is 13.8 Å². The Kier molecular flexibility index (Phi) is 4.85. The molecule has 4 rings (SSSR count). The molecule has 0 aliphatic carbocycles. The van der Waals surface area contributed by atoms with Crippen molar-refractivity contribution >= 4 is 11.9 Å². The predicted octanol–water partition coefficient (Wildman–Crippen LogP) is 3.65. The minimum absolute atomic E-state index is 0.0133. The quantitative estimate of drug-likeness (QED) is 0.834. The van der Waals surface area contributed by atoms with Crippen LogP contribution in [-0.4, -0.2) is 39.4 Å². The summed E-state index contributed by atoms with van der Waals surface area (Å²) in [5.41, 5.74) is 3.22. The van der Waals surface area contributed by atoms with E-state index in [0.29, 0.717) is 12.3 Å². The molecule has 1 atom stereocenters. The van der Waals surface area contributed by atoms with E-state index in [1.807, 2.05) is 26.0 Å². The van der Waals surface area contributed by atoms with Gasteiger partial charge in [0.2, 0.25) is 11.9 Å². The minimum atomic E-state index is -0.0133. The lowest BCUT2D eigenvalue weighted by Crippen LogP contribution is -2.46. The van der Waals surface area contributed by atoms with Crippen LogP contribution in [0.1, 0.15) is 49.1 Å². The van der Waals surface area contributed by atoms with Gasteiger partial charge in [0.1, 0.15) is 0 Å². The van der Waals surface area contributed by atoms with Crippen molar-refractivity contribution < 1.29 is 4.79 Å². The number of carbonyl (C=O) groups is 1. The topological polar surface area (TPSA) is 49.3 Å². The molecule has 0 saturated carbocycles. The number of benzene rings is 1. The number of carbonyl (C=O) groups excluding carboxylic acids is 1. The van der Waals surface area contributed by atoms with Crippen molar-refractivity contribution in [3.05, 3.63) is 53.3 Å². The maximum atomic E-state index is 12.7. The lowest BCUT2D eigenvalue weighted by atomic mass is 9.87. The van der Waals surface area contributed by atoms with Gasteiger partial charge in [-0.2, -0.15) is 0 Å². The molecule has 1 aromatic carbocycles. The predicted molar refractivity (Wildman–Crippen MR) is 107 cm³/mol. The molecule has 142 valence electrons. The average molecular weight is 364 g/mol. The zero-order valence-corrected chi connectivity index (χ0v) is 16.3. The summed E-state index contributed by atoms with van der Waals surface area (Å²) in [5.74, 6) is 1.14. The molecule has 1 amide bonds. The normalized spacial score (nSPS) is 23.1. The lowest BCUT2D eigenvalue weighted by Gasteiger charge is -2.38. The van der Waals surface area contributed by atoms with Gasteiger partial charge in [-0.1, -0.05) is 30.3 Å². The molecule has 5 nitrogen and oxygen atoms in total. The fourth-order valence-corrected chi connectivity index (χ4v) is 4.64. The standard InChI is InChI=1S/C22H28N4O/c1-17-15-18(2)24-21(23-17)25-13-6-10-22(12-14-25)11-9-20(27)26(22)16-19-7-4-3-5-8-19/h3-5,7-8,15H,6,9-14,16H2,1-2H3/t22-/m0/s1. The zero-order valence-electron chi connectivity index (χ0n) is 16.3. The highest BCUT2D eigenvalue weighted by atomic mass is 16.2. The van der Waals surface area contributed by atoms with E-state index >= 15 is 0 Å². The summed E-state index contributed by atoms with van der Waals surface area (Å²) in [6, 6.07) is 12.4. The number of likely N-dealkylation sites (tertiary alicyclic amines) is 1. The Morgan fingerprint density at radius 1 is 1.00 bits per heavy atom. The van der Waals surface area contributed by atoms with Crippen molar-refractivity contribution in [1.82, 2.24) is 14.9 Å². The van der Waals surface area contributed by atoms with E-state index in [2.05, 4.69) is 44.0 Å². The fraction of sp³-hybridized carbons (Fsp3) is 0.500. The molecule has 1 spiro atoms. The summed E-state index contributed by atoms with van der Waals surface area (Å²) in [7, 11) is 0. The molecular weight excluding hydrogens is 336 g/mol. The van der Waals surface area contributed by atoms with Crippen molar-refractivity contribution in [1.29, 1.82) is 0 Å². The summed E-state index contributed by atoms with van der Waals surface area (Å²) in [6.45, 7) is 6.63. The van der Waals surface area contributed by atoms with Gasteiger partial charge in [0, 0.05) is 43.0 Å². The third-order valence-corrected chi connectivity index (χ3v) is 6.03. The smallest absolute Gasteiger partial charge is 0.225 e. The number of aryl methyl sites for hydroxylation is 2. The van der Waals surface area contributed by atoms with E-state index in [1.54, 1.807) is 0 Å². The lowest BCUT2D eigenvalue weighted by molar-refractivity contribution is -0.132. The van der Waals surface area contributed by atoms with Gasteiger partial charge in [-0.05, 0) is 51.2 Å². The zero-order chi connectivity index (χ0) is 18.9. The van der Waals surface area contributed by atoms with E-state index in [0.717, 1.165) is 62.7 Å². The second-order valence-corrected chi connectivity index (χ2v) is 7.98. The first kappa shape index (κ1) is 18.0. The van der Waals surface area contributed by atoms with Gasteiger partial charge in [-0.25, -0.2) is 9.97 Å². The molecule has 27 heavy (non-hydrogen) atoms. The van der Waals surface area contributed by atoms with Crippen LogP contribution in [0.3, 0.4) is 0 Å². The fourth-order valence-electron chi connectivity index (χ4n) is 4.64. The summed E-state index contributed by atoms with van der Waals surface area (Å²) < 4.78 is 0. The minimum Gasteiger partial charge on any atom is -0.341 e. The number of hydrogen-bond donors (Lipinski definition) is 0.